The quantitative estimate of drug-likeness (QED) is 0.930. The van der Waals surface area contributed by atoms with Crippen LogP contribution in [0.15, 0.2) is 24.3 Å². The third-order valence-corrected chi connectivity index (χ3v) is 5.23. The summed E-state index contributed by atoms with van der Waals surface area (Å²) in [6.07, 6.45) is 2.56. The van der Waals surface area contributed by atoms with Gasteiger partial charge in [0.15, 0.2) is 0 Å². The zero-order valence-corrected chi connectivity index (χ0v) is 13.7. The van der Waals surface area contributed by atoms with Crippen LogP contribution in [0, 0.1) is 5.92 Å². The molecule has 0 radical (unpaired) electrons. The number of rotatable bonds is 3. The van der Waals surface area contributed by atoms with Crippen molar-refractivity contribution in [3.8, 4) is 0 Å². The molecule has 2 aliphatic rings. The Kier molecular flexibility index (Phi) is 4.71. The van der Waals surface area contributed by atoms with Crippen LogP contribution in [0.1, 0.15) is 26.2 Å². The second-order valence-corrected chi connectivity index (χ2v) is 6.82. The Morgan fingerprint density at radius 2 is 1.95 bits per heavy atom. The summed E-state index contributed by atoms with van der Waals surface area (Å²) in [5.41, 5.74) is 0.888. The number of likely N-dealkylation sites (tertiary alicyclic amines) is 1. The lowest BCUT2D eigenvalue weighted by atomic mass is 9.91. The largest absolute Gasteiger partial charge is 0.393 e. The van der Waals surface area contributed by atoms with Crippen LogP contribution in [-0.4, -0.2) is 47.7 Å². The van der Waals surface area contributed by atoms with Crippen LogP contribution in [0.3, 0.4) is 0 Å². The molecular weight excluding hydrogens is 300 g/mol. The van der Waals surface area contributed by atoms with Crippen molar-refractivity contribution < 1.29 is 9.90 Å². The number of aliphatic hydroxyl groups is 1. The van der Waals surface area contributed by atoms with Gasteiger partial charge in [0.2, 0.25) is 5.91 Å². The number of amides is 1. The molecular formula is C17H23ClN2O2. The van der Waals surface area contributed by atoms with Gasteiger partial charge in [0.1, 0.15) is 0 Å². The molecule has 2 atom stereocenters. The fourth-order valence-electron chi connectivity index (χ4n) is 3.62. The zero-order chi connectivity index (χ0) is 15.7. The lowest BCUT2D eigenvalue weighted by Crippen LogP contribution is -2.47. The van der Waals surface area contributed by atoms with Gasteiger partial charge in [-0.2, -0.15) is 0 Å². The van der Waals surface area contributed by atoms with E-state index in [0.717, 1.165) is 44.6 Å². The molecule has 4 nitrogen and oxygen atoms in total. The molecule has 2 heterocycles. The first-order valence-corrected chi connectivity index (χ1v) is 8.43. The molecule has 22 heavy (non-hydrogen) atoms. The van der Waals surface area contributed by atoms with Gasteiger partial charge in [-0.05, 0) is 63.4 Å². The van der Waals surface area contributed by atoms with E-state index in [-0.39, 0.29) is 18.1 Å². The van der Waals surface area contributed by atoms with E-state index in [0.29, 0.717) is 10.9 Å². The normalized spacial score (nSPS) is 25.7. The predicted molar refractivity (Wildman–Crippen MR) is 88.2 cm³/mol. The average molecular weight is 323 g/mol. The molecule has 0 spiro atoms. The van der Waals surface area contributed by atoms with Crippen LogP contribution in [-0.2, 0) is 4.79 Å². The van der Waals surface area contributed by atoms with E-state index in [1.54, 1.807) is 0 Å². The van der Waals surface area contributed by atoms with Crippen molar-refractivity contribution in [3.05, 3.63) is 29.3 Å². The SMILES string of the molecule is C[C@H](O)C1CCN([C@H]2CCN(c3cccc(Cl)c3)C2=O)CC1. The van der Waals surface area contributed by atoms with Gasteiger partial charge in [-0.25, -0.2) is 0 Å². The molecule has 0 aliphatic carbocycles. The Hall–Kier alpha value is -1.10. The number of piperidine rings is 1. The van der Waals surface area contributed by atoms with Crippen LogP contribution in [0.4, 0.5) is 5.69 Å². The molecule has 0 aromatic heterocycles. The van der Waals surface area contributed by atoms with Gasteiger partial charge < -0.3 is 10.0 Å². The van der Waals surface area contributed by atoms with Gasteiger partial charge >= 0.3 is 0 Å². The maximum absolute atomic E-state index is 12.7. The molecule has 0 saturated carbocycles. The molecule has 3 rings (SSSR count). The first-order valence-electron chi connectivity index (χ1n) is 8.05. The molecule has 1 aromatic rings. The standard InChI is InChI=1S/C17H23ClN2O2/c1-12(21)13-5-8-19(9-6-13)16-7-10-20(17(16)22)15-4-2-3-14(18)11-15/h2-4,11-13,16,21H,5-10H2,1H3/t12-,16-/m0/s1. The Labute approximate surface area is 136 Å². The smallest absolute Gasteiger partial charge is 0.244 e. The maximum atomic E-state index is 12.7. The number of anilines is 1. The number of nitrogens with zero attached hydrogens (tertiary/aromatic N) is 2. The van der Waals surface area contributed by atoms with Crippen molar-refractivity contribution in [2.24, 2.45) is 5.92 Å². The number of hydrogen-bond donors (Lipinski definition) is 1. The number of hydrogen-bond acceptors (Lipinski definition) is 3. The Balaban J connectivity index is 1.65. The lowest BCUT2D eigenvalue weighted by Gasteiger charge is -2.36. The van der Waals surface area contributed by atoms with Gasteiger partial charge in [0.25, 0.3) is 0 Å². The molecule has 1 N–H and O–H groups in total. The fraction of sp³-hybridized carbons (Fsp3) is 0.588. The minimum absolute atomic E-state index is 0.0195. The Morgan fingerprint density at radius 3 is 2.59 bits per heavy atom. The van der Waals surface area contributed by atoms with Gasteiger partial charge in [-0.3, -0.25) is 9.69 Å². The molecule has 0 bridgehead atoms. The van der Waals surface area contributed by atoms with Crippen LogP contribution in [0.25, 0.3) is 0 Å². The first kappa shape index (κ1) is 15.8. The lowest BCUT2D eigenvalue weighted by molar-refractivity contribution is -0.122. The monoisotopic (exact) mass is 322 g/mol. The summed E-state index contributed by atoms with van der Waals surface area (Å²) < 4.78 is 0. The van der Waals surface area contributed by atoms with Crippen LogP contribution in [0.2, 0.25) is 5.02 Å². The predicted octanol–water partition coefficient (Wildman–Crippen LogP) is 2.54. The summed E-state index contributed by atoms with van der Waals surface area (Å²) in [7, 11) is 0. The number of carbonyl (C=O) groups excluding carboxylic acids is 1. The number of halogens is 1. The van der Waals surface area contributed by atoms with Crippen molar-refractivity contribution >= 4 is 23.2 Å². The van der Waals surface area contributed by atoms with Gasteiger partial charge in [-0.1, -0.05) is 17.7 Å². The van der Waals surface area contributed by atoms with Crippen molar-refractivity contribution in [1.29, 1.82) is 0 Å². The Morgan fingerprint density at radius 1 is 1.23 bits per heavy atom. The number of benzene rings is 1. The third-order valence-electron chi connectivity index (χ3n) is 4.99. The fourth-order valence-corrected chi connectivity index (χ4v) is 3.80. The molecule has 0 unspecified atom stereocenters. The summed E-state index contributed by atoms with van der Waals surface area (Å²) in [6, 6.07) is 7.47. The number of aliphatic hydroxyl groups excluding tert-OH is 1. The van der Waals surface area contributed by atoms with Crippen molar-refractivity contribution in [2.75, 3.05) is 24.5 Å². The van der Waals surface area contributed by atoms with Gasteiger partial charge in [0.05, 0.1) is 12.1 Å². The number of carbonyl (C=O) groups is 1. The van der Waals surface area contributed by atoms with Crippen LogP contribution in [0.5, 0.6) is 0 Å². The zero-order valence-electron chi connectivity index (χ0n) is 12.9. The van der Waals surface area contributed by atoms with Crippen LogP contribution < -0.4 is 4.90 Å². The van der Waals surface area contributed by atoms with Crippen molar-refractivity contribution in [3.63, 3.8) is 0 Å². The highest BCUT2D eigenvalue weighted by Crippen LogP contribution is 2.29. The maximum Gasteiger partial charge on any atom is 0.244 e. The van der Waals surface area contributed by atoms with E-state index in [1.165, 1.54) is 0 Å². The molecule has 2 saturated heterocycles. The summed E-state index contributed by atoms with van der Waals surface area (Å²) >= 11 is 6.03. The summed E-state index contributed by atoms with van der Waals surface area (Å²) in [4.78, 5) is 16.9. The van der Waals surface area contributed by atoms with E-state index >= 15 is 0 Å². The van der Waals surface area contributed by atoms with E-state index in [1.807, 2.05) is 36.1 Å². The molecule has 1 amide bonds. The van der Waals surface area contributed by atoms with Crippen LogP contribution >= 0.6 is 11.6 Å². The van der Waals surface area contributed by atoms with Crippen molar-refractivity contribution in [2.45, 2.75) is 38.3 Å². The summed E-state index contributed by atoms with van der Waals surface area (Å²) in [6.45, 7) is 4.41. The van der Waals surface area contributed by atoms with E-state index in [4.69, 9.17) is 11.6 Å². The molecule has 5 heteroatoms. The molecule has 2 fully saturated rings. The molecule has 1 aromatic carbocycles. The second kappa shape index (κ2) is 6.57. The van der Waals surface area contributed by atoms with E-state index < -0.39 is 0 Å². The highest BCUT2D eigenvalue weighted by atomic mass is 35.5. The first-order chi connectivity index (χ1) is 10.6. The minimum Gasteiger partial charge on any atom is -0.393 e. The summed E-state index contributed by atoms with van der Waals surface area (Å²) in [5.74, 6) is 0.551. The topological polar surface area (TPSA) is 43.8 Å². The Bertz CT molecular complexity index is 541. The van der Waals surface area contributed by atoms with Crippen molar-refractivity contribution in [1.82, 2.24) is 4.90 Å². The van der Waals surface area contributed by atoms with Gasteiger partial charge in [0, 0.05) is 17.3 Å². The average Bonchev–Trinajstić information content (AvgIpc) is 2.89. The highest BCUT2D eigenvalue weighted by molar-refractivity contribution is 6.30. The molecule has 120 valence electrons. The summed E-state index contributed by atoms with van der Waals surface area (Å²) in [5, 5.41) is 10.4. The van der Waals surface area contributed by atoms with Gasteiger partial charge in [-0.15, -0.1) is 0 Å². The van der Waals surface area contributed by atoms with E-state index in [9.17, 15) is 9.90 Å². The third kappa shape index (κ3) is 3.14. The minimum atomic E-state index is -0.246. The highest BCUT2D eigenvalue weighted by Gasteiger charge is 2.38. The second-order valence-electron chi connectivity index (χ2n) is 6.39. The molecule has 2 aliphatic heterocycles. The van der Waals surface area contributed by atoms with E-state index in [2.05, 4.69) is 4.90 Å².